The molecule has 5 nitrogen and oxygen atoms in total. The third-order valence-electron chi connectivity index (χ3n) is 3.03. The van der Waals surface area contributed by atoms with E-state index >= 15 is 0 Å². The van der Waals surface area contributed by atoms with Gasteiger partial charge in [0.15, 0.2) is 0 Å². The number of benzene rings is 1. The molecule has 0 fully saturated rings. The van der Waals surface area contributed by atoms with Crippen LogP contribution in [0.4, 0.5) is 18.9 Å². The minimum Gasteiger partial charge on any atom is -0.406 e. The molecule has 8 heteroatoms. The molecule has 0 atom stereocenters. The van der Waals surface area contributed by atoms with Crippen molar-refractivity contribution in [2.45, 2.75) is 33.2 Å². The maximum absolute atomic E-state index is 12.4. The molecule has 1 aromatic carbocycles. The van der Waals surface area contributed by atoms with Gasteiger partial charge < -0.3 is 15.4 Å². The van der Waals surface area contributed by atoms with Gasteiger partial charge in [-0.25, -0.2) is 0 Å². The van der Waals surface area contributed by atoms with Gasteiger partial charge >= 0.3 is 6.36 Å². The fraction of sp³-hybridized carbons (Fsp3) is 0.375. The van der Waals surface area contributed by atoms with Crippen molar-refractivity contribution in [3.05, 3.63) is 30.0 Å². The first kappa shape index (κ1) is 17.8. The normalized spacial score (nSPS) is 11.6. The first-order chi connectivity index (χ1) is 11.1. The van der Waals surface area contributed by atoms with Crippen molar-refractivity contribution >= 4 is 22.5 Å². The largest absolute Gasteiger partial charge is 0.573 e. The van der Waals surface area contributed by atoms with E-state index in [1.165, 1.54) is 18.2 Å². The summed E-state index contributed by atoms with van der Waals surface area (Å²) in [6.45, 7) is 5.44. The van der Waals surface area contributed by atoms with E-state index < -0.39 is 6.36 Å². The molecule has 130 valence electrons. The Labute approximate surface area is 137 Å². The molecule has 0 unspecified atom stereocenters. The topological polar surface area (TPSA) is 63.2 Å². The van der Waals surface area contributed by atoms with Crippen molar-refractivity contribution in [1.82, 2.24) is 10.3 Å². The lowest BCUT2D eigenvalue weighted by Gasteiger charge is -2.14. The number of rotatable bonds is 5. The summed E-state index contributed by atoms with van der Waals surface area (Å²) in [5.74, 6) is -0.550. The Bertz CT molecular complexity index is 745. The summed E-state index contributed by atoms with van der Waals surface area (Å²) in [5, 5.41) is 6.11. The number of ether oxygens (including phenoxy) is 1. The molecule has 0 spiro atoms. The van der Waals surface area contributed by atoms with Crippen LogP contribution < -0.4 is 15.4 Å². The third kappa shape index (κ3) is 5.00. The molecule has 2 N–H and O–H groups in total. The van der Waals surface area contributed by atoms with Crippen LogP contribution in [0.1, 0.15) is 19.5 Å². The van der Waals surface area contributed by atoms with Gasteiger partial charge in [-0.05, 0) is 45.0 Å². The molecule has 2 rings (SSSR count). The highest BCUT2D eigenvalue weighted by Gasteiger charge is 2.31. The number of aromatic nitrogens is 1. The SMILES string of the molecule is Cc1cc(NCC(=O)NC(C)C)c2cc(OC(F)(F)F)ccc2n1. The number of carbonyl (C=O) groups excluding carboxylic acids is 1. The van der Waals surface area contributed by atoms with Crippen LogP contribution in [0.5, 0.6) is 5.75 Å². The molecule has 0 saturated heterocycles. The lowest BCUT2D eigenvalue weighted by atomic mass is 10.1. The Morgan fingerprint density at radius 2 is 2.00 bits per heavy atom. The van der Waals surface area contributed by atoms with Gasteiger partial charge in [-0.15, -0.1) is 13.2 Å². The zero-order valence-corrected chi connectivity index (χ0v) is 13.5. The molecule has 1 amide bonds. The number of nitrogens with one attached hydrogen (secondary N) is 2. The quantitative estimate of drug-likeness (QED) is 0.875. The minimum absolute atomic E-state index is 0.00108. The predicted octanol–water partition coefficient (Wildman–Crippen LogP) is 3.38. The van der Waals surface area contributed by atoms with Gasteiger partial charge in [-0.3, -0.25) is 9.78 Å². The number of halogens is 3. The fourth-order valence-electron chi connectivity index (χ4n) is 2.23. The number of hydrogen-bond donors (Lipinski definition) is 2. The van der Waals surface area contributed by atoms with Crippen LogP contribution in [0, 0.1) is 6.92 Å². The summed E-state index contributed by atoms with van der Waals surface area (Å²) in [6, 6.07) is 5.57. The van der Waals surface area contributed by atoms with Crippen LogP contribution in [0.2, 0.25) is 0 Å². The highest BCUT2D eigenvalue weighted by Crippen LogP contribution is 2.30. The maximum atomic E-state index is 12.4. The molecule has 0 bridgehead atoms. The van der Waals surface area contributed by atoms with Crippen LogP contribution in [-0.2, 0) is 4.79 Å². The number of fused-ring (bicyclic) bond motifs is 1. The Balaban J connectivity index is 2.29. The lowest BCUT2D eigenvalue weighted by Crippen LogP contribution is -2.34. The molecule has 0 aliphatic heterocycles. The van der Waals surface area contributed by atoms with Crippen LogP contribution in [-0.4, -0.2) is 29.8 Å². The molecule has 0 saturated carbocycles. The van der Waals surface area contributed by atoms with Crippen molar-refractivity contribution in [2.24, 2.45) is 0 Å². The number of carbonyl (C=O) groups is 1. The Morgan fingerprint density at radius 3 is 2.62 bits per heavy atom. The Morgan fingerprint density at radius 1 is 1.29 bits per heavy atom. The van der Waals surface area contributed by atoms with Gasteiger partial charge in [0.2, 0.25) is 5.91 Å². The van der Waals surface area contributed by atoms with E-state index in [0.717, 1.165) is 0 Å². The molecule has 24 heavy (non-hydrogen) atoms. The zero-order chi connectivity index (χ0) is 17.9. The summed E-state index contributed by atoms with van der Waals surface area (Å²) in [5.41, 5.74) is 1.71. The molecular formula is C16H18F3N3O2. The molecule has 0 aliphatic carbocycles. The van der Waals surface area contributed by atoms with Gasteiger partial charge in [0.05, 0.1) is 12.1 Å². The van der Waals surface area contributed by atoms with Gasteiger partial charge in [-0.1, -0.05) is 0 Å². The van der Waals surface area contributed by atoms with Gasteiger partial charge in [0.1, 0.15) is 5.75 Å². The Kier molecular flexibility index (Phi) is 5.16. The number of alkyl halides is 3. The number of amides is 1. The second kappa shape index (κ2) is 6.94. The van der Waals surface area contributed by atoms with Crippen LogP contribution in [0.25, 0.3) is 10.9 Å². The molecule has 0 aliphatic rings. The van der Waals surface area contributed by atoms with Crippen LogP contribution in [0.3, 0.4) is 0 Å². The first-order valence-corrected chi connectivity index (χ1v) is 7.34. The fourth-order valence-corrected chi connectivity index (χ4v) is 2.23. The zero-order valence-electron chi connectivity index (χ0n) is 13.5. The lowest BCUT2D eigenvalue weighted by molar-refractivity contribution is -0.274. The summed E-state index contributed by atoms with van der Waals surface area (Å²) in [4.78, 5) is 16.0. The summed E-state index contributed by atoms with van der Waals surface area (Å²) in [7, 11) is 0. The van der Waals surface area contributed by atoms with Gasteiger partial charge in [-0.2, -0.15) is 0 Å². The average molecular weight is 341 g/mol. The molecular weight excluding hydrogens is 323 g/mol. The number of anilines is 1. The van der Waals surface area contributed by atoms with E-state index in [1.807, 2.05) is 13.8 Å². The third-order valence-corrected chi connectivity index (χ3v) is 3.03. The van der Waals surface area contributed by atoms with Crippen molar-refractivity contribution in [3.63, 3.8) is 0 Å². The second-order valence-corrected chi connectivity index (χ2v) is 5.61. The van der Waals surface area contributed by atoms with E-state index in [4.69, 9.17) is 0 Å². The highest BCUT2D eigenvalue weighted by atomic mass is 19.4. The van der Waals surface area contributed by atoms with Gasteiger partial charge in [0.25, 0.3) is 0 Å². The van der Waals surface area contributed by atoms with E-state index in [1.54, 1.807) is 13.0 Å². The summed E-state index contributed by atoms with van der Waals surface area (Å²) >= 11 is 0. The molecule has 0 radical (unpaired) electrons. The van der Waals surface area contributed by atoms with Crippen LogP contribution >= 0.6 is 0 Å². The maximum Gasteiger partial charge on any atom is 0.573 e. The second-order valence-electron chi connectivity index (χ2n) is 5.61. The van der Waals surface area contributed by atoms with Crippen molar-refractivity contribution in [3.8, 4) is 5.75 Å². The molecule has 1 aromatic heterocycles. The van der Waals surface area contributed by atoms with E-state index in [-0.39, 0.29) is 24.2 Å². The van der Waals surface area contributed by atoms with E-state index in [0.29, 0.717) is 22.3 Å². The van der Waals surface area contributed by atoms with Crippen molar-refractivity contribution in [1.29, 1.82) is 0 Å². The van der Waals surface area contributed by atoms with Crippen molar-refractivity contribution < 1.29 is 22.7 Å². The first-order valence-electron chi connectivity index (χ1n) is 7.34. The standard InChI is InChI=1S/C16H18F3N3O2/c1-9(2)21-15(23)8-20-14-6-10(3)22-13-5-4-11(7-12(13)14)24-16(17,18)19/h4-7,9H,8H2,1-3H3,(H,20,22)(H,21,23). The minimum atomic E-state index is -4.77. The highest BCUT2D eigenvalue weighted by molar-refractivity contribution is 5.94. The molecule has 1 heterocycles. The number of pyridine rings is 1. The van der Waals surface area contributed by atoms with E-state index in [9.17, 15) is 18.0 Å². The van der Waals surface area contributed by atoms with Crippen LogP contribution in [0.15, 0.2) is 24.3 Å². The number of nitrogens with zero attached hydrogens (tertiary/aromatic N) is 1. The molecule has 2 aromatic rings. The smallest absolute Gasteiger partial charge is 0.406 e. The number of aryl methyl sites for hydroxylation is 1. The summed E-state index contributed by atoms with van der Waals surface area (Å²) < 4.78 is 41.1. The number of hydrogen-bond acceptors (Lipinski definition) is 4. The van der Waals surface area contributed by atoms with E-state index in [2.05, 4.69) is 20.4 Å². The predicted molar refractivity (Wildman–Crippen MR) is 84.9 cm³/mol. The Hall–Kier alpha value is -2.51. The monoisotopic (exact) mass is 341 g/mol. The average Bonchev–Trinajstić information content (AvgIpc) is 2.42. The van der Waals surface area contributed by atoms with Crippen molar-refractivity contribution in [2.75, 3.05) is 11.9 Å². The summed E-state index contributed by atoms with van der Waals surface area (Å²) in [6.07, 6.45) is -4.77. The van der Waals surface area contributed by atoms with Gasteiger partial charge in [0, 0.05) is 22.8 Å².